The van der Waals surface area contributed by atoms with Crippen LogP contribution in [0, 0.1) is 0 Å². The predicted molar refractivity (Wildman–Crippen MR) is 102 cm³/mol. The highest BCUT2D eigenvalue weighted by molar-refractivity contribution is 4.66. The van der Waals surface area contributed by atoms with Gasteiger partial charge in [-0.15, -0.1) is 0 Å². The molecule has 0 N–H and O–H groups in total. The second-order valence-corrected chi connectivity index (χ2v) is 7.58. The highest BCUT2D eigenvalue weighted by Gasteiger charge is 2.08. The zero-order valence-corrected chi connectivity index (χ0v) is 16.2. The van der Waals surface area contributed by atoms with Crippen LogP contribution in [0.25, 0.3) is 0 Å². The standard InChI is InChI=1S/C21H44N/c1-5-7-8-9-10-11-12-13-14-15-16-17-18-19-21-22(3,4)20-6-2/h6,20H,5,7-19,21H2,1-4H3/q+1. The van der Waals surface area contributed by atoms with Gasteiger partial charge in [0.1, 0.15) is 0 Å². The summed E-state index contributed by atoms with van der Waals surface area (Å²) in [7, 11) is 4.59. The Kier molecular flexibility index (Phi) is 15.4. The van der Waals surface area contributed by atoms with E-state index in [0.717, 1.165) is 4.48 Å². The molecule has 0 aliphatic carbocycles. The van der Waals surface area contributed by atoms with E-state index in [-0.39, 0.29) is 0 Å². The zero-order valence-electron chi connectivity index (χ0n) is 16.2. The van der Waals surface area contributed by atoms with Crippen LogP contribution in [0.1, 0.15) is 104 Å². The smallest absolute Gasteiger partial charge is 0.0911 e. The third-order valence-electron chi connectivity index (χ3n) is 4.64. The summed E-state index contributed by atoms with van der Waals surface area (Å²) in [5.74, 6) is 0. The molecular weight excluding hydrogens is 266 g/mol. The van der Waals surface area contributed by atoms with Crippen LogP contribution in [0.4, 0.5) is 0 Å². The fourth-order valence-electron chi connectivity index (χ4n) is 3.19. The van der Waals surface area contributed by atoms with Crippen molar-refractivity contribution in [3.63, 3.8) is 0 Å². The molecule has 132 valence electrons. The van der Waals surface area contributed by atoms with Crippen LogP contribution in [-0.2, 0) is 0 Å². The lowest BCUT2D eigenvalue weighted by Gasteiger charge is -2.24. The van der Waals surface area contributed by atoms with Gasteiger partial charge in [0.15, 0.2) is 0 Å². The van der Waals surface area contributed by atoms with E-state index in [9.17, 15) is 0 Å². The van der Waals surface area contributed by atoms with Crippen molar-refractivity contribution in [2.24, 2.45) is 0 Å². The molecule has 22 heavy (non-hydrogen) atoms. The molecule has 0 saturated heterocycles. The molecule has 0 radical (unpaired) electrons. The molecule has 0 aromatic heterocycles. The van der Waals surface area contributed by atoms with Crippen molar-refractivity contribution >= 4 is 0 Å². The molecule has 0 fully saturated rings. The summed E-state index contributed by atoms with van der Waals surface area (Å²) in [6, 6.07) is 0. The first-order valence-electron chi connectivity index (χ1n) is 10.1. The Balaban J connectivity index is 3.15. The fourth-order valence-corrected chi connectivity index (χ4v) is 3.19. The molecule has 0 amide bonds. The van der Waals surface area contributed by atoms with E-state index in [1.807, 2.05) is 0 Å². The van der Waals surface area contributed by atoms with Gasteiger partial charge < -0.3 is 4.48 Å². The average Bonchev–Trinajstić information content (AvgIpc) is 2.47. The molecular formula is C21H44N+. The summed E-state index contributed by atoms with van der Waals surface area (Å²) in [4.78, 5) is 0. The van der Waals surface area contributed by atoms with Gasteiger partial charge in [0, 0.05) is 0 Å². The highest BCUT2D eigenvalue weighted by Crippen LogP contribution is 2.13. The first-order valence-corrected chi connectivity index (χ1v) is 10.1. The summed E-state index contributed by atoms with van der Waals surface area (Å²) in [6.07, 6.45) is 24.7. The molecule has 0 rings (SSSR count). The summed E-state index contributed by atoms with van der Waals surface area (Å²) in [6.45, 7) is 5.69. The Morgan fingerprint density at radius 2 is 0.955 bits per heavy atom. The van der Waals surface area contributed by atoms with E-state index < -0.39 is 0 Å². The first-order chi connectivity index (χ1) is 10.6. The molecule has 0 spiro atoms. The number of hydrogen-bond donors (Lipinski definition) is 0. The van der Waals surface area contributed by atoms with Gasteiger partial charge in [-0.05, 0) is 25.8 Å². The lowest BCUT2D eigenvalue weighted by atomic mass is 10.0. The highest BCUT2D eigenvalue weighted by atomic mass is 15.3. The van der Waals surface area contributed by atoms with Crippen LogP contribution in [0.2, 0.25) is 0 Å². The van der Waals surface area contributed by atoms with Gasteiger partial charge in [-0.1, -0.05) is 84.0 Å². The van der Waals surface area contributed by atoms with Crippen LogP contribution in [0.3, 0.4) is 0 Å². The van der Waals surface area contributed by atoms with Crippen molar-refractivity contribution < 1.29 is 4.48 Å². The lowest BCUT2D eigenvalue weighted by Crippen LogP contribution is -2.33. The SMILES string of the molecule is CC=C[N+](C)(C)CCCCCCCCCCCCCCCC. The number of allylic oxidation sites excluding steroid dienone is 1. The fraction of sp³-hybridized carbons (Fsp3) is 0.905. The maximum atomic E-state index is 2.29. The number of quaternary nitrogens is 1. The molecule has 0 aromatic carbocycles. The quantitative estimate of drug-likeness (QED) is 0.211. The minimum Gasteiger partial charge on any atom is -0.302 e. The maximum absolute atomic E-state index is 2.29. The average molecular weight is 311 g/mol. The molecule has 0 bridgehead atoms. The molecule has 0 aromatic rings. The minimum absolute atomic E-state index is 1.04. The van der Waals surface area contributed by atoms with E-state index in [4.69, 9.17) is 0 Å². The molecule has 1 nitrogen and oxygen atoms in total. The van der Waals surface area contributed by atoms with Crippen LogP contribution in [0.15, 0.2) is 12.3 Å². The number of unbranched alkanes of at least 4 members (excludes halogenated alkanes) is 13. The van der Waals surface area contributed by atoms with E-state index in [2.05, 4.69) is 40.2 Å². The Labute approximate surface area is 141 Å². The predicted octanol–water partition coefficient (Wildman–Crippen LogP) is 7.08. The van der Waals surface area contributed by atoms with Gasteiger partial charge in [-0.2, -0.15) is 0 Å². The summed E-state index contributed by atoms with van der Waals surface area (Å²) < 4.78 is 1.04. The van der Waals surface area contributed by atoms with Gasteiger partial charge in [0.05, 0.1) is 26.8 Å². The van der Waals surface area contributed by atoms with Crippen LogP contribution in [0.5, 0.6) is 0 Å². The molecule has 0 unspecified atom stereocenters. The van der Waals surface area contributed by atoms with Crippen molar-refractivity contribution in [3.05, 3.63) is 12.3 Å². The molecule has 0 atom stereocenters. The summed E-state index contributed by atoms with van der Waals surface area (Å²) in [5, 5.41) is 0. The first kappa shape index (κ1) is 21.7. The maximum Gasteiger partial charge on any atom is 0.0911 e. The largest absolute Gasteiger partial charge is 0.302 e. The molecule has 0 aliphatic heterocycles. The van der Waals surface area contributed by atoms with E-state index >= 15 is 0 Å². The van der Waals surface area contributed by atoms with E-state index in [1.54, 1.807) is 0 Å². The summed E-state index contributed by atoms with van der Waals surface area (Å²) in [5.41, 5.74) is 0. The number of nitrogens with zero attached hydrogens (tertiary/aromatic N) is 1. The molecule has 0 heterocycles. The van der Waals surface area contributed by atoms with Crippen molar-refractivity contribution in [2.75, 3.05) is 20.6 Å². The van der Waals surface area contributed by atoms with Crippen molar-refractivity contribution in [2.45, 2.75) is 104 Å². The lowest BCUT2D eigenvalue weighted by molar-refractivity contribution is -0.839. The Morgan fingerprint density at radius 1 is 0.591 bits per heavy atom. The zero-order chi connectivity index (χ0) is 16.5. The Morgan fingerprint density at radius 3 is 1.32 bits per heavy atom. The van der Waals surface area contributed by atoms with Crippen molar-refractivity contribution in [1.29, 1.82) is 0 Å². The van der Waals surface area contributed by atoms with E-state index in [1.165, 1.54) is 96.4 Å². The Bertz CT molecular complexity index is 242. The second kappa shape index (κ2) is 15.6. The van der Waals surface area contributed by atoms with Gasteiger partial charge in [0.25, 0.3) is 0 Å². The monoisotopic (exact) mass is 310 g/mol. The number of rotatable bonds is 16. The van der Waals surface area contributed by atoms with Crippen LogP contribution < -0.4 is 0 Å². The van der Waals surface area contributed by atoms with Gasteiger partial charge in [-0.3, -0.25) is 0 Å². The molecule has 0 aliphatic rings. The molecule has 0 saturated carbocycles. The van der Waals surface area contributed by atoms with Gasteiger partial charge in [-0.25, -0.2) is 0 Å². The van der Waals surface area contributed by atoms with Crippen LogP contribution in [-0.4, -0.2) is 25.1 Å². The van der Waals surface area contributed by atoms with Crippen LogP contribution >= 0.6 is 0 Å². The van der Waals surface area contributed by atoms with E-state index in [0.29, 0.717) is 0 Å². The van der Waals surface area contributed by atoms with Crippen molar-refractivity contribution in [1.82, 2.24) is 0 Å². The Hall–Kier alpha value is -0.300. The number of hydrogen-bond acceptors (Lipinski definition) is 0. The third kappa shape index (κ3) is 16.1. The third-order valence-corrected chi connectivity index (χ3v) is 4.64. The molecule has 1 heteroatoms. The van der Waals surface area contributed by atoms with Crippen molar-refractivity contribution in [3.8, 4) is 0 Å². The van der Waals surface area contributed by atoms with Gasteiger partial charge in [0.2, 0.25) is 0 Å². The topological polar surface area (TPSA) is 0 Å². The summed E-state index contributed by atoms with van der Waals surface area (Å²) >= 11 is 0. The normalized spacial score (nSPS) is 12.4. The minimum atomic E-state index is 1.04. The second-order valence-electron chi connectivity index (χ2n) is 7.58. The van der Waals surface area contributed by atoms with Gasteiger partial charge >= 0.3 is 0 Å².